The molecule has 1 aliphatic heterocycles. The molecule has 1 aliphatic rings. The van der Waals surface area contributed by atoms with Crippen LogP contribution < -0.4 is 4.74 Å². The van der Waals surface area contributed by atoms with Gasteiger partial charge in [0.1, 0.15) is 23.8 Å². The highest BCUT2D eigenvalue weighted by Crippen LogP contribution is 2.19. The van der Waals surface area contributed by atoms with Crippen LogP contribution in [0.4, 0.5) is 4.39 Å². The lowest BCUT2D eigenvalue weighted by Crippen LogP contribution is -2.58. The number of rotatable bonds is 5. The average molecular weight is 267 g/mol. The molecular formula is C14H18FNO3. The molecule has 0 bridgehead atoms. The summed E-state index contributed by atoms with van der Waals surface area (Å²) in [6.07, 6.45) is -0.431. The first-order valence-electron chi connectivity index (χ1n) is 6.42. The number of carbonyl (C=O) groups excluding carboxylic acids is 1. The lowest BCUT2D eigenvalue weighted by Gasteiger charge is -2.40. The van der Waals surface area contributed by atoms with Gasteiger partial charge in [-0.2, -0.15) is 0 Å². The molecule has 1 aromatic rings. The molecule has 0 radical (unpaired) electrons. The first-order chi connectivity index (χ1) is 9.10. The molecule has 1 heterocycles. The number of halogens is 1. The number of hydrogen-bond donors (Lipinski definition) is 0. The van der Waals surface area contributed by atoms with Gasteiger partial charge in [-0.3, -0.25) is 4.79 Å². The molecule has 4 nitrogen and oxygen atoms in total. The minimum atomic E-state index is -0.406. The lowest BCUT2D eigenvalue weighted by molar-refractivity contribution is -0.151. The number of ether oxygens (including phenoxy) is 2. The molecule has 2 rings (SSSR count). The third-order valence-electron chi connectivity index (χ3n) is 3.04. The van der Waals surface area contributed by atoms with Crippen molar-refractivity contribution in [2.24, 2.45) is 0 Å². The van der Waals surface area contributed by atoms with Crippen molar-refractivity contribution in [3.63, 3.8) is 0 Å². The van der Waals surface area contributed by atoms with Crippen LogP contribution in [-0.4, -0.2) is 42.7 Å². The highest BCUT2D eigenvalue weighted by Gasteiger charge is 2.34. The van der Waals surface area contributed by atoms with Gasteiger partial charge < -0.3 is 14.4 Å². The van der Waals surface area contributed by atoms with E-state index in [-0.39, 0.29) is 17.8 Å². The molecule has 0 spiro atoms. The fourth-order valence-electron chi connectivity index (χ4n) is 1.98. The van der Waals surface area contributed by atoms with Gasteiger partial charge in [-0.05, 0) is 38.1 Å². The van der Waals surface area contributed by atoms with Gasteiger partial charge in [0.2, 0.25) is 0 Å². The van der Waals surface area contributed by atoms with E-state index in [9.17, 15) is 9.18 Å². The van der Waals surface area contributed by atoms with Crippen LogP contribution in [0, 0.1) is 5.82 Å². The maximum Gasteiger partial charge on any atom is 0.251 e. The van der Waals surface area contributed by atoms with Crippen LogP contribution in [0.1, 0.15) is 13.8 Å². The van der Waals surface area contributed by atoms with Crippen molar-refractivity contribution in [1.29, 1.82) is 0 Å². The summed E-state index contributed by atoms with van der Waals surface area (Å²) >= 11 is 0. The van der Waals surface area contributed by atoms with Gasteiger partial charge in [0, 0.05) is 6.61 Å². The quantitative estimate of drug-likeness (QED) is 0.817. The second kappa shape index (κ2) is 6.02. The zero-order chi connectivity index (χ0) is 13.8. The van der Waals surface area contributed by atoms with E-state index in [1.165, 1.54) is 12.1 Å². The Hall–Kier alpha value is -1.62. The zero-order valence-corrected chi connectivity index (χ0v) is 11.1. The first-order valence-corrected chi connectivity index (χ1v) is 6.42. The second-order valence-electron chi connectivity index (χ2n) is 4.53. The summed E-state index contributed by atoms with van der Waals surface area (Å²) in [4.78, 5) is 13.6. The number of benzene rings is 1. The van der Waals surface area contributed by atoms with Gasteiger partial charge in [-0.1, -0.05) is 0 Å². The fraction of sp³-hybridized carbons (Fsp3) is 0.500. The molecule has 0 saturated carbocycles. The largest absolute Gasteiger partial charge is 0.487 e. The predicted octanol–water partition coefficient (Wildman–Crippen LogP) is 1.84. The average Bonchev–Trinajstić information content (AvgIpc) is 2.35. The smallest absolute Gasteiger partial charge is 0.251 e. The SMILES string of the molecule is CCOC(C)C(=O)N1CC(Oc2ccc(F)cc2)C1. The molecule has 1 aromatic carbocycles. The maximum atomic E-state index is 12.7. The van der Waals surface area contributed by atoms with Crippen LogP contribution in [0.15, 0.2) is 24.3 Å². The molecule has 104 valence electrons. The number of nitrogens with zero attached hydrogens (tertiary/aromatic N) is 1. The summed E-state index contributed by atoms with van der Waals surface area (Å²) in [7, 11) is 0. The van der Waals surface area contributed by atoms with Crippen molar-refractivity contribution in [3.05, 3.63) is 30.1 Å². The van der Waals surface area contributed by atoms with Crippen molar-refractivity contribution in [2.45, 2.75) is 26.1 Å². The Bertz CT molecular complexity index is 429. The van der Waals surface area contributed by atoms with Gasteiger partial charge in [-0.15, -0.1) is 0 Å². The summed E-state index contributed by atoms with van der Waals surface area (Å²) in [5.41, 5.74) is 0. The molecule has 1 atom stereocenters. The van der Waals surface area contributed by atoms with Gasteiger partial charge >= 0.3 is 0 Å². The van der Waals surface area contributed by atoms with Crippen molar-refractivity contribution >= 4 is 5.91 Å². The third-order valence-corrected chi connectivity index (χ3v) is 3.04. The Morgan fingerprint density at radius 1 is 1.42 bits per heavy atom. The highest BCUT2D eigenvalue weighted by molar-refractivity contribution is 5.81. The molecule has 0 N–H and O–H groups in total. The minimum absolute atomic E-state index is 0.0131. The van der Waals surface area contributed by atoms with Crippen LogP contribution in [0.5, 0.6) is 5.75 Å². The molecule has 1 amide bonds. The number of likely N-dealkylation sites (tertiary alicyclic amines) is 1. The monoisotopic (exact) mass is 267 g/mol. The lowest BCUT2D eigenvalue weighted by atomic mass is 10.1. The fourth-order valence-corrected chi connectivity index (χ4v) is 1.98. The molecule has 1 saturated heterocycles. The predicted molar refractivity (Wildman–Crippen MR) is 68.5 cm³/mol. The van der Waals surface area contributed by atoms with E-state index in [0.717, 1.165) is 0 Å². The Morgan fingerprint density at radius 2 is 2.05 bits per heavy atom. The van der Waals surface area contributed by atoms with Crippen molar-refractivity contribution < 1.29 is 18.7 Å². The number of amides is 1. The summed E-state index contributed by atoms with van der Waals surface area (Å²) in [5.74, 6) is 0.320. The van der Waals surface area contributed by atoms with E-state index in [1.54, 1.807) is 24.0 Å². The maximum absolute atomic E-state index is 12.7. The minimum Gasteiger partial charge on any atom is -0.487 e. The van der Waals surface area contributed by atoms with E-state index in [0.29, 0.717) is 25.4 Å². The molecule has 1 fully saturated rings. The van der Waals surface area contributed by atoms with Crippen LogP contribution in [0.2, 0.25) is 0 Å². The topological polar surface area (TPSA) is 38.8 Å². The van der Waals surface area contributed by atoms with Crippen molar-refractivity contribution in [1.82, 2.24) is 4.90 Å². The summed E-state index contributed by atoms with van der Waals surface area (Å²) in [5, 5.41) is 0. The molecule has 0 aliphatic carbocycles. The van der Waals surface area contributed by atoms with Gasteiger partial charge in [0.15, 0.2) is 0 Å². The normalized spacial score (nSPS) is 16.9. The Labute approximate surface area is 112 Å². The second-order valence-corrected chi connectivity index (χ2v) is 4.53. The zero-order valence-electron chi connectivity index (χ0n) is 11.1. The highest BCUT2D eigenvalue weighted by atomic mass is 19.1. The molecule has 1 unspecified atom stereocenters. The molecule has 0 aromatic heterocycles. The molecule has 5 heteroatoms. The Balaban J connectivity index is 1.77. The summed E-state index contributed by atoms with van der Waals surface area (Å²) < 4.78 is 23.6. The van der Waals surface area contributed by atoms with Gasteiger partial charge in [0.05, 0.1) is 13.1 Å². The Kier molecular flexibility index (Phi) is 4.37. The first kappa shape index (κ1) is 13.8. The number of carbonyl (C=O) groups is 1. The van der Waals surface area contributed by atoms with Crippen LogP contribution >= 0.6 is 0 Å². The summed E-state index contributed by atoms with van der Waals surface area (Å²) in [6.45, 7) is 5.23. The van der Waals surface area contributed by atoms with Crippen LogP contribution in [0.3, 0.4) is 0 Å². The number of hydrogen-bond acceptors (Lipinski definition) is 3. The van der Waals surface area contributed by atoms with E-state index in [1.807, 2.05) is 6.92 Å². The Morgan fingerprint density at radius 3 is 2.63 bits per heavy atom. The van der Waals surface area contributed by atoms with Crippen LogP contribution in [0.25, 0.3) is 0 Å². The van der Waals surface area contributed by atoms with Gasteiger partial charge in [-0.25, -0.2) is 4.39 Å². The third kappa shape index (κ3) is 3.44. The summed E-state index contributed by atoms with van der Waals surface area (Å²) in [6, 6.07) is 5.88. The molecule has 19 heavy (non-hydrogen) atoms. The standard InChI is InChI=1S/C14H18FNO3/c1-3-18-10(2)14(17)16-8-13(9-16)19-12-6-4-11(15)5-7-12/h4-7,10,13H,3,8-9H2,1-2H3. The van der Waals surface area contributed by atoms with E-state index in [2.05, 4.69) is 0 Å². The van der Waals surface area contributed by atoms with E-state index >= 15 is 0 Å². The van der Waals surface area contributed by atoms with Crippen molar-refractivity contribution in [3.8, 4) is 5.75 Å². The van der Waals surface area contributed by atoms with Gasteiger partial charge in [0.25, 0.3) is 5.91 Å². The van der Waals surface area contributed by atoms with E-state index < -0.39 is 6.10 Å². The van der Waals surface area contributed by atoms with Crippen molar-refractivity contribution in [2.75, 3.05) is 19.7 Å². The van der Waals surface area contributed by atoms with E-state index in [4.69, 9.17) is 9.47 Å². The van der Waals surface area contributed by atoms with Crippen LogP contribution in [-0.2, 0) is 9.53 Å². The molecular weight excluding hydrogens is 249 g/mol.